The van der Waals surface area contributed by atoms with Crippen molar-refractivity contribution in [3.63, 3.8) is 0 Å². The van der Waals surface area contributed by atoms with E-state index in [2.05, 4.69) is 0 Å². The highest BCUT2D eigenvalue weighted by Crippen LogP contribution is 1.88. The number of aliphatic carboxylic acids is 1. The van der Waals surface area contributed by atoms with E-state index in [1.165, 1.54) is 0 Å². The number of likely N-dealkylation sites (N-methyl/N-ethyl adjacent to an activating group) is 1. The number of nitrogens with one attached hydrogen (secondary N) is 1. The minimum atomic E-state index is -2.79. The first-order chi connectivity index (χ1) is 3.50. The second-order valence-electron chi connectivity index (χ2n) is 1.23. The van der Waals surface area contributed by atoms with E-state index in [1.54, 1.807) is 5.32 Å². The minimum Gasteiger partial charge on any atom is -0.476 e. The maximum atomic E-state index is 9.69. The van der Waals surface area contributed by atoms with Crippen molar-refractivity contribution in [2.24, 2.45) is 0 Å². The summed E-state index contributed by atoms with van der Waals surface area (Å²) in [4.78, 5) is 9.69. The molecule has 8 heavy (non-hydrogen) atoms. The monoisotopic (exact) mass is 121 g/mol. The van der Waals surface area contributed by atoms with Crippen LogP contribution in [-0.2, 0) is 4.79 Å². The van der Waals surface area contributed by atoms with Crippen molar-refractivity contribution in [1.82, 2.24) is 5.32 Å². The van der Waals surface area contributed by atoms with Crippen molar-refractivity contribution in [2.75, 3.05) is 7.05 Å². The second-order valence-corrected chi connectivity index (χ2v) is 1.23. The molecule has 0 aliphatic heterocycles. The molecule has 0 aliphatic rings. The number of carboxylic acid groups (broad SMARTS) is 1. The Morgan fingerprint density at radius 2 is 2.00 bits per heavy atom. The summed E-state index contributed by atoms with van der Waals surface area (Å²) in [7, 11) is 1.12. The molecule has 0 heterocycles. The fraction of sp³-hybridized carbons (Fsp3) is 0.667. The SMILES string of the molecule is CNC(O)(O)C(=O)O. The Bertz CT molecular complexity index is 99.5. The molecule has 0 saturated heterocycles. The van der Waals surface area contributed by atoms with Crippen LogP contribution >= 0.6 is 0 Å². The zero-order valence-electron chi connectivity index (χ0n) is 4.25. The summed E-state index contributed by atoms with van der Waals surface area (Å²) in [6, 6.07) is 0. The fourth-order valence-corrected chi connectivity index (χ4v) is 0.107. The Balaban J connectivity index is 3.91. The fourth-order valence-electron chi connectivity index (χ4n) is 0.107. The number of carbonyl (C=O) groups is 1. The van der Waals surface area contributed by atoms with Gasteiger partial charge in [0.25, 0.3) is 0 Å². The van der Waals surface area contributed by atoms with E-state index in [4.69, 9.17) is 15.3 Å². The first-order valence-electron chi connectivity index (χ1n) is 1.87. The summed E-state index contributed by atoms with van der Waals surface area (Å²) in [6.45, 7) is 0. The first kappa shape index (κ1) is 7.35. The number of hydrogen-bond donors (Lipinski definition) is 4. The lowest BCUT2D eigenvalue weighted by Crippen LogP contribution is -2.50. The summed E-state index contributed by atoms with van der Waals surface area (Å²) in [6.07, 6.45) is 0. The highest BCUT2D eigenvalue weighted by Gasteiger charge is 2.30. The predicted molar refractivity (Wildman–Crippen MR) is 23.9 cm³/mol. The van der Waals surface area contributed by atoms with Crippen LogP contribution in [0.1, 0.15) is 0 Å². The summed E-state index contributed by atoms with van der Waals surface area (Å²) in [5.41, 5.74) is 0. The zero-order chi connectivity index (χ0) is 6.78. The molecule has 0 aromatic rings. The molecule has 4 N–H and O–H groups in total. The van der Waals surface area contributed by atoms with Crippen LogP contribution in [0.5, 0.6) is 0 Å². The van der Waals surface area contributed by atoms with E-state index in [9.17, 15) is 4.79 Å². The Morgan fingerprint density at radius 1 is 1.62 bits per heavy atom. The minimum absolute atomic E-state index is 1.12. The van der Waals surface area contributed by atoms with Crippen molar-refractivity contribution in [3.05, 3.63) is 0 Å². The smallest absolute Gasteiger partial charge is 0.381 e. The van der Waals surface area contributed by atoms with Crippen molar-refractivity contribution in [3.8, 4) is 0 Å². The van der Waals surface area contributed by atoms with Gasteiger partial charge in [0.1, 0.15) is 0 Å². The van der Waals surface area contributed by atoms with E-state index >= 15 is 0 Å². The van der Waals surface area contributed by atoms with E-state index in [0.717, 1.165) is 7.05 Å². The zero-order valence-corrected chi connectivity index (χ0v) is 4.25. The molecule has 48 valence electrons. The number of rotatable bonds is 2. The topological polar surface area (TPSA) is 89.8 Å². The second kappa shape index (κ2) is 2.08. The summed E-state index contributed by atoms with van der Waals surface area (Å²) in [5.74, 6) is -4.51. The van der Waals surface area contributed by atoms with Gasteiger partial charge < -0.3 is 15.3 Å². The van der Waals surface area contributed by atoms with Gasteiger partial charge in [0, 0.05) is 0 Å². The van der Waals surface area contributed by atoms with Crippen molar-refractivity contribution >= 4 is 5.97 Å². The molecule has 0 unspecified atom stereocenters. The van der Waals surface area contributed by atoms with Gasteiger partial charge in [-0.25, -0.2) is 4.79 Å². The van der Waals surface area contributed by atoms with Gasteiger partial charge in [0.15, 0.2) is 0 Å². The lowest BCUT2D eigenvalue weighted by atomic mass is 10.5. The Kier molecular flexibility index (Phi) is 1.91. The molecule has 0 bridgehead atoms. The van der Waals surface area contributed by atoms with Crippen LogP contribution in [0.2, 0.25) is 0 Å². The third-order valence-electron chi connectivity index (χ3n) is 0.647. The van der Waals surface area contributed by atoms with Crippen LogP contribution in [0, 0.1) is 0 Å². The van der Waals surface area contributed by atoms with Crippen LogP contribution in [0.15, 0.2) is 0 Å². The van der Waals surface area contributed by atoms with E-state index < -0.39 is 11.9 Å². The molecule has 0 aromatic heterocycles. The summed E-state index contributed by atoms with van der Waals surface area (Å²) in [5, 5.41) is 26.1. The Hall–Kier alpha value is -0.650. The van der Waals surface area contributed by atoms with Crippen LogP contribution in [0.3, 0.4) is 0 Å². The predicted octanol–water partition coefficient (Wildman–Crippen LogP) is -2.07. The van der Waals surface area contributed by atoms with Crippen LogP contribution in [0.4, 0.5) is 0 Å². The average molecular weight is 121 g/mol. The highest BCUT2D eigenvalue weighted by molar-refractivity contribution is 5.74. The highest BCUT2D eigenvalue weighted by atomic mass is 16.6. The standard InChI is InChI=1S/C3H7NO4/c1-4-3(7,8)2(5)6/h4,7-8H,1H3,(H,5,6). The van der Waals surface area contributed by atoms with Crippen LogP contribution in [-0.4, -0.2) is 34.2 Å². The molecule has 0 aliphatic carbocycles. The number of aliphatic hydroxyl groups is 2. The molecule has 0 atom stereocenters. The lowest BCUT2D eigenvalue weighted by molar-refractivity contribution is -0.212. The van der Waals surface area contributed by atoms with Gasteiger partial charge in [-0.05, 0) is 7.05 Å². The number of carboxylic acids is 1. The molecule has 0 spiro atoms. The molecule has 0 saturated carbocycles. The normalized spacial score (nSPS) is 11.4. The van der Waals surface area contributed by atoms with Crippen molar-refractivity contribution in [1.29, 1.82) is 0 Å². The van der Waals surface area contributed by atoms with Gasteiger partial charge >= 0.3 is 11.9 Å². The Morgan fingerprint density at radius 3 is 2.00 bits per heavy atom. The first-order valence-corrected chi connectivity index (χ1v) is 1.87. The molecule has 5 nitrogen and oxygen atoms in total. The van der Waals surface area contributed by atoms with Gasteiger partial charge in [0.2, 0.25) is 0 Å². The third-order valence-corrected chi connectivity index (χ3v) is 0.647. The average Bonchev–Trinajstić information content (AvgIpc) is 1.67. The maximum Gasteiger partial charge on any atom is 0.381 e. The van der Waals surface area contributed by atoms with Gasteiger partial charge in [0.05, 0.1) is 0 Å². The number of hydrogen-bond acceptors (Lipinski definition) is 4. The third kappa shape index (κ3) is 1.45. The molecular weight excluding hydrogens is 114 g/mol. The van der Waals surface area contributed by atoms with Gasteiger partial charge in [-0.2, -0.15) is 0 Å². The molecule has 0 fully saturated rings. The molecule has 0 amide bonds. The van der Waals surface area contributed by atoms with Crippen molar-refractivity contribution < 1.29 is 20.1 Å². The summed E-state index contributed by atoms with van der Waals surface area (Å²) >= 11 is 0. The molecule has 5 heteroatoms. The van der Waals surface area contributed by atoms with Crippen LogP contribution in [0.25, 0.3) is 0 Å². The molecule has 0 aromatic carbocycles. The summed E-state index contributed by atoms with van der Waals surface area (Å²) < 4.78 is 0. The van der Waals surface area contributed by atoms with E-state index in [-0.39, 0.29) is 0 Å². The Labute approximate surface area is 45.6 Å². The van der Waals surface area contributed by atoms with E-state index in [0.29, 0.717) is 0 Å². The lowest BCUT2D eigenvalue weighted by Gasteiger charge is -2.12. The van der Waals surface area contributed by atoms with Crippen LogP contribution < -0.4 is 5.32 Å². The van der Waals surface area contributed by atoms with Crippen molar-refractivity contribution in [2.45, 2.75) is 5.91 Å². The largest absolute Gasteiger partial charge is 0.476 e. The van der Waals surface area contributed by atoms with Gasteiger partial charge in [-0.1, -0.05) is 0 Å². The molecule has 0 rings (SSSR count). The maximum absolute atomic E-state index is 9.69. The quantitative estimate of drug-likeness (QED) is 0.315. The van der Waals surface area contributed by atoms with Gasteiger partial charge in [-0.3, -0.25) is 5.32 Å². The molecule has 0 radical (unpaired) electrons. The molecular formula is C3H7NO4. The van der Waals surface area contributed by atoms with E-state index in [1.807, 2.05) is 0 Å². The van der Waals surface area contributed by atoms with Gasteiger partial charge in [-0.15, -0.1) is 0 Å².